The minimum Gasteiger partial charge on any atom is -0.313 e. The number of likely N-dealkylation sites (N-methyl/N-ethyl adjacent to an activating group) is 1. The van der Waals surface area contributed by atoms with E-state index in [1.165, 1.54) is 5.56 Å². The van der Waals surface area contributed by atoms with Crippen molar-refractivity contribution in [3.05, 3.63) is 68.4 Å². The molecule has 0 aliphatic carbocycles. The molecule has 1 atom stereocenters. The molecule has 0 saturated carbocycles. The van der Waals surface area contributed by atoms with Crippen molar-refractivity contribution in [3.8, 4) is 0 Å². The van der Waals surface area contributed by atoms with Gasteiger partial charge in [0.05, 0.1) is 5.02 Å². The molecule has 0 radical (unpaired) electrons. The quantitative estimate of drug-likeness (QED) is 0.808. The van der Waals surface area contributed by atoms with E-state index in [1.54, 1.807) is 18.2 Å². The Kier molecular flexibility index (Phi) is 5.19. The van der Waals surface area contributed by atoms with E-state index in [0.29, 0.717) is 12.0 Å². The molecule has 0 amide bonds. The monoisotopic (exact) mass is 355 g/mol. The molecule has 0 heterocycles. The third-order valence-electron chi connectivity index (χ3n) is 3.42. The van der Waals surface area contributed by atoms with Crippen LogP contribution in [0.5, 0.6) is 0 Å². The molecule has 0 spiro atoms. The lowest BCUT2D eigenvalue weighted by molar-refractivity contribution is 0.553. The molecule has 0 aliphatic heterocycles. The minimum absolute atomic E-state index is 0.0421. The number of rotatable bonds is 4. The van der Waals surface area contributed by atoms with E-state index in [2.05, 4.69) is 40.3 Å². The fourth-order valence-electron chi connectivity index (χ4n) is 2.28. The molecule has 1 N–H and O–H groups in total. The Hall–Kier alpha value is -0.900. The molecule has 0 bridgehead atoms. The van der Waals surface area contributed by atoms with Gasteiger partial charge in [0.2, 0.25) is 0 Å². The second kappa shape index (κ2) is 6.70. The van der Waals surface area contributed by atoms with Crippen molar-refractivity contribution >= 4 is 27.5 Å². The van der Waals surface area contributed by atoms with Gasteiger partial charge in [-0.2, -0.15) is 0 Å². The van der Waals surface area contributed by atoms with Gasteiger partial charge in [-0.1, -0.05) is 45.7 Å². The summed E-state index contributed by atoms with van der Waals surface area (Å²) in [4.78, 5) is 0. The minimum atomic E-state index is -0.331. The van der Waals surface area contributed by atoms with Crippen LogP contribution >= 0.6 is 27.5 Å². The van der Waals surface area contributed by atoms with E-state index in [4.69, 9.17) is 11.6 Å². The third-order valence-corrected chi connectivity index (χ3v) is 4.21. The SMILES string of the molecule is CNC(Cc1cccc(Cl)c1F)c1cc(Br)ccc1C. The Morgan fingerprint density at radius 3 is 2.75 bits per heavy atom. The summed E-state index contributed by atoms with van der Waals surface area (Å²) in [5.74, 6) is -0.331. The number of halogens is 3. The molecule has 20 heavy (non-hydrogen) atoms. The van der Waals surface area contributed by atoms with Gasteiger partial charge in [-0.3, -0.25) is 0 Å². The van der Waals surface area contributed by atoms with Gasteiger partial charge in [-0.25, -0.2) is 4.39 Å². The van der Waals surface area contributed by atoms with Crippen LogP contribution in [-0.2, 0) is 6.42 Å². The molecular formula is C16H16BrClFN. The summed E-state index contributed by atoms with van der Waals surface area (Å²) in [5, 5.41) is 3.42. The van der Waals surface area contributed by atoms with Gasteiger partial charge >= 0.3 is 0 Å². The van der Waals surface area contributed by atoms with Gasteiger partial charge < -0.3 is 5.32 Å². The zero-order valence-electron chi connectivity index (χ0n) is 11.4. The Morgan fingerprint density at radius 2 is 2.05 bits per heavy atom. The number of aryl methyl sites for hydroxylation is 1. The molecule has 4 heteroatoms. The van der Waals surface area contributed by atoms with Crippen LogP contribution in [0.1, 0.15) is 22.7 Å². The molecule has 0 aliphatic rings. The molecule has 0 aromatic heterocycles. The predicted molar refractivity (Wildman–Crippen MR) is 85.8 cm³/mol. The number of nitrogens with one attached hydrogen (secondary N) is 1. The summed E-state index contributed by atoms with van der Waals surface area (Å²) in [6.45, 7) is 2.06. The molecule has 0 fully saturated rings. The molecule has 106 valence electrons. The number of hydrogen-bond acceptors (Lipinski definition) is 1. The maximum absolute atomic E-state index is 14.0. The lowest BCUT2D eigenvalue weighted by Gasteiger charge is -2.20. The van der Waals surface area contributed by atoms with Gasteiger partial charge in [0.15, 0.2) is 0 Å². The fourth-order valence-corrected chi connectivity index (χ4v) is 2.85. The van der Waals surface area contributed by atoms with Gasteiger partial charge in [0, 0.05) is 10.5 Å². The van der Waals surface area contributed by atoms with Crippen molar-refractivity contribution < 1.29 is 4.39 Å². The molecule has 1 nitrogen and oxygen atoms in total. The second-order valence-electron chi connectivity index (χ2n) is 4.76. The van der Waals surface area contributed by atoms with Crippen molar-refractivity contribution in [3.63, 3.8) is 0 Å². The first kappa shape index (κ1) is 15.5. The van der Waals surface area contributed by atoms with Crippen LogP contribution < -0.4 is 5.32 Å². The summed E-state index contributed by atoms with van der Waals surface area (Å²) < 4.78 is 15.0. The first-order valence-corrected chi connectivity index (χ1v) is 7.56. The van der Waals surface area contributed by atoms with E-state index in [9.17, 15) is 4.39 Å². The van der Waals surface area contributed by atoms with Gasteiger partial charge in [0.1, 0.15) is 5.82 Å². The van der Waals surface area contributed by atoms with Crippen LogP contribution in [0.15, 0.2) is 40.9 Å². The first-order valence-electron chi connectivity index (χ1n) is 6.39. The van der Waals surface area contributed by atoms with E-state index >= 15 is 0 Å². The van der Waals surface area contributed by atoms with E-state index in [1.807, 2.05) is 13.1 Å². The normalized spacial score (nSPS) is 12.4. The zero-order chi connectivity index (χ0) is 14.7. The summed E-state index contributed by atoms with van der Waals surface area (Å²) in [7, 11) is 1.88. The second-order valence-corrected chi connectivity index (χ2v) is 6.08. The lowest BCUT2D eigenvalue weighted by Crippen LogP contribution is -2.20. The predicted octanol–water partition coefficient (Wildman–Crippen LogP) is 5.05. The molecule has 2 rings (SSSR count). The highest BCUT2D eigenvalue weighted by Gasteiger charge is 2.16. The largest absolute Gasteiger partial charge is 0.313 e. The van der Waals surface area contributed by atoms with E-state index in [0.717, 1.165) is 10.0 Å². The maximum Gasteiger partial charge on any atom is 0.145 e. The topological polar surface area (TPSA) is 12.0 Å². The molecule has 0 saturated heterocycles. The average molecular weight is 357 g/mol. The lowest BCUT2D eigenvalue weighted by atomic mass is 9.95. The highest BCUT2D eigenvalue weighted by Crippen LogP contribution is 2.27. The van der Waals surface area contributed by atoms with Crippen molar-refractivity contribution in [1.82, 2.24) is 5.32 Å². The standard InChI is InChI=1S/C16H16BrClFN/c1-10-6-7-12(17)9-13(10)15(20-2)8-11-4-3-5-14(18)16(11)19/h3-7,9,15,20H,8H2,1-2H3. The average Bonchev–Trinajstić information content (AvgIpc) is 2.43. The van der Waals surface area contributed by atoms with Crippen LogP contribution in [0, 0.1) is 12.7 Å². The van der Waals surface area contributed by atoms with Gasteiger partial charge in [-0.05, 0) is 55.3 Å². The first-order chi connectivity index (χ1) is 9.52. The summed E-state index contributed by atoms with van der Waals surface area (Å²) in [5.41, 5.74) is 2.95. The van der Waals surface area contributed by atoms with Gasteiger partial charge in [-0.15, -0.1) is 0 Å². The molecule has 2 aromatic rings. The Bertz CT molecular complexity index is 615. The summed E-state index contributed by atoms with van der Waals surface area (Å²) in [6.07, 6.45) is 0.556. The van der Waals surface area contributed by atoms with Crippen molar-refractivity contribution in [1.29, 1.82) is 0 Å². The zero-order valence-corrected chi connectivity index (χ0v) is 13.7. The van der Waals surface area contributed by atoms with Crippen LogP contribution in [0.3, 0.4) is 0 Å². The van der Waals surface area contributed by atoms with Crippen LogP contribution in [0.4, 0.5) is 4.39 Å². The fraction of sp³-hybridized carbons (Fsp3) is 0.250. The van der Waals surface area contributed by atoms with Crippen LogP contribution in [0.25, 0.3) is 0 Å². The Balaban J connectivity index is 2.34. The van der Waals surface area contributed by atoms with E-state index < -0.39 is 0 Å². The Labute approximate surface area is 132 Å². The smallest absolute Gasteiger partial charge is 0.145 e. The van der Waals surface area contributed by atoms with Crippen LogP contribution in [0.2, 0.25) is 5.02 Å². The number of benzene rings is 2. The van der Waals surface area contributed by atoms with Gasteiger partial charge in [0.25, 0.3) is 0 Å². The van der Waals surface area contributed by atoms with Crippen molar-refractivity contribution in [2.75, 3.05) is 7.05 Å². The van der Waals surface area contributed by atoms with Crippen molar-refractivity contribution in [2.45, 2.75) is 19.4 Å². The maximum atomic E-state index is 14.0. The Morgan fingerprint density at radius 1 is 1.30 bits per heavy atom. The number of hydrogen-bond donors (Lipinski definition) is 1. The molecule has 2 aromatic carbocycles. The summed E-state index contributed by atoms with van der Waals surface area (Å²) >= 11 is 9.32. The molecule has 1 unspecified atom stereocenters. The van der Waals surface area contributed by atoms with Crippen molar-refractivity contribution in [2.24, 2.45) is 0 Å². The third kappa shape index (κ3) is 3.40. The highest BCUT2D eigenvalue weighted by molar-refractivity contribution is 9.10. The van der Waals surface area contributed by atoms with E-state index in [-0.39, 0.29) is 16.9 Å². The molecular weight excluding hydrogens is 341 g/mol. The highest BCUT2D eigenvalue weighted by atomic mass is 79.9. The van der Waals surface area contributed by atoms with Crippen LogP contribution in [-0.4, -0.2) is 7.05 Å². The summed E-state index contributed by atoms with van der Waals surface area (Å²) in [6, 6.07) is 11.3.